The van der Waals surface area contributed by atoms with Crippen LogP contribution in [0.2, 0.25) is 0 Å². The molecule has 0 N–H and O–H groups in total. The van der Waals surface area contributed by atoms with Gasteiger partial charge in [-0.3, -0.25) is 0 Å². The third kappa shape index (κ3) is 13.2. The molecular formula is C4H6Br2Mg2S. The van der Waals surface area contributed by atoms with Crippen LogP contribution < -0.4 is 34.0 Å². The molecule has 0 aliphatic rings. The number of thiophene rings is 1. The summed E-state index contributed by atoms with van der Waals surface area (Å²) in [6.07, 6.45) is 0. The van der Waals surface area contributed by atoms with Crippen LogP contribution in [-0.4, -0.2) is 46.1 Å². The van der Waals surface area contributed by atoms with E-state index in [1.54, 1.807) is 11.3 Å². The molecule has 0 nitrogen and oxygen atoms in total. The Morgan fingerprint density at radius 3 is 1.33 bits per heavy atom. The van der Waals surface area contributed by atoms with Crippen LogP contribution in [0.25, 0.3) is 0 Å². The molecule has 0 unspecified atom stereocenters. The van der Waals surface area contributed by atoms with E-state index in [2.05, 4.69) is 0 Å². The maximum atomic E-state index is 2.04. The molecule has 0 fully saturated rings. The van der Waals surface area contributed by atoms with Gasteiger partial charge >= 0.3 is 46.1 Å². The Kier molecular flexibility index (Phi) is 41.6. The van der Waals surface area contributed by atoms with Crippen molar-refractivity contribution in [3.63, 3.8) is 0 Å². The molecule has 0 aliphatic carbocycles. The molecule has 1 heterocycles. The maximum absolute atomic E-state index is 2.04. The van der Waals surface area contributed by atoms with E-state index in [4.69, 9.17) is 0 Å². The molecular weight excluding hydrogens is 289 g/mol. The van der Waals surface area contributed by atoms with Crippen molar-refractivity contribution in [2.24, 2.45) is 0 Å². The largest absolute Gasteiger partial charge is 2.00 e. The first-order chi connectivity index (χ1) is 2.50. The number of hydrogen-bond acceptors (Lipinski definition) is 1. The molecule has 9 heavy (non-hydrogen) atoms. The summed E-state index contributed by atoms with van der Waals surface area (Å²) in [5.74, 6) is 0. The molecule has 0 radical (unpaired) electrons. The molecule has 5 heteroatoms. The molecule has 0 spiro atoms. The molecule has 0 saturated carbocycles. The van der Waals surface area contributed by atoms with Gasteiger partial charge in [-0.2, -0.15) is 11.3 Å². The van der Waals surface area contributed by atoms with Crippen LogP contribution in [-0.2, 0) is 0 Å². The van der Waals surface area contributed by atoms with Crippen LogP contribution in [0, 0.1) is 0 Å². The average molecular weight is 295 g/mol. The van der Waals surface area contributed by atoms with Crippen molar-refractivity contribution in [1.29, 1.82) is 0 Å². The van der Waals surface area contributed by atoms with Crippen LogP contribution in [0.4, 0.5) is 0 Å². The van der Waals surface area contributed by atoms with Gasteiger partial charge in [0.05, 0.1) is 0 Å². The van der Waals surface area contributed by atoms with E-state index in [-0.39, 0.29) is 82.9 Å². The number of hydrogen-bond donors (Lipinski definition) is 0. The fraction of sp³-hybridized carbons (Fsp3) is 0. The van der Waals surface area contributed by atoms with Crippen molar-refractivity contribution in [2.75, 3.05) is 0 Å². The number of rotatable bonds is 0. The van der Waals surface area contributed by atoms with E-state index >= 15 is 0 Å². The van der Waals surface area contributed by atoms with E-state index in [0.29, 0.717) is 0 Å². The maximum Gasteiger partial charge on any atom is 2.00 e. The van der Waals surface area contributed by atoms with Crippen molar-refractivity contribution < 1.29 is 36.8 Å². The van der Waals surface area contributed by atoms with Crippen molar-refractivity contribution in [3.05, 3.63) is 22.9 Å². The molecule has 0 aliphatic heterocycles. The monoisotopic (exact) mass is 292 g/mol. The average Bonchev–Trinajstić information content (AvgIpc) is 1.76. The Hall–Kier alpha value is 2.19. The second-order valence-electron chi connectivity index (χ2n) is 0.793. The zero-order chi connectivity index (χ0) is 3.54. The molecule has 46 valence electrons. The molecule has 0 bridgehead atoms. The molecule has 0 saturated heterocycles. The van der Waals surface area contributed by atoms with Gasteiger partial charge in [-0.15, -0.1) is 0 Å². The molecule has 1 aromatic rings. The van der Waals surface area contributed by atoms with Crippen molar-refractivity contribution >= 4 is 57.4 Å². The summed E-state index contributed by atoms with van der Waals surface area (Å²) >= 11 is 1.71. The van der Waals surface area contributed by atoms with Gasteiger partial charge in [-0.1, -0.05) is 12.1 Å². The van der Waals surface area contributed by atoms with Gasteiger partial charge in [-0.05, 0) is 10.8 Å². The van der Waals surface area contributed by atoms with E-state index < -0.39 is 0 Å². The molecule has 0 atom stereocenters. The minimum atomic E-state index is 0. The SMILES string of the molecule is [Br-].[Br-].[H-].[H-].[Mg+2].[Mg+2].c1ccsc1. The van der Waals surface area contributed by atoms with Crippen LogP contribution in [0.1, 0.15) is 2.85 Å². The van der Waals surface area contributed by atoms with Crippen molar-refractivity contribution in [2.45, 2.75) is 0 Å². The quantitative estimate of drug-likeness (QED) is 0.422. The summed E-state index contributed by atoms with van der Waals surface area (Å²) in [4.78, 5) is 0. The van der Waals surface area contributed by atoms with Crippen molar-refractivity contribution in [3.8, 4) is 0 Å². The van der Waals surface area contributed by atoms with Crippen LogP contribution in [0.5, 0.6) is 0 Å². The first-order valence-electron chi connectivity index (χ1n) is 1.47. The standard InChI is InChI=1S/C4H4S.2BrH.2Mg.2H/c1-2-4-5-3-1;;;;;;/h1-4H;2*1H;;;;/q;;;2*+2;2*-1/p-2. The second kappa shape index (κ2) is 16.6. The molecule has 0 amide bonds. The van der Waals surface area contributed by atoms with E-state index in [0.717, 1.165) is 0 Å². The van der Waals surface area contributed by atoms with Crippen LogP contribution in [0.3, 0.4) is 0 Å². The zero-order valence-electron chi connectivity index (χ0n) is 6.89. The summed E-state index contributed by atoms with van der Waals surface area (Å²) in [5.41, 5.74) is 0. The molecule has 1 aromatic heterocycles. The minimum absolute atomic E-state index is 0. The van der Waals surface area contributed by atoms with E-state index in [9.17, 15) is 0 Å². The van der Waals surface area contributed by atoms with Gasteiger partial charge < -0.3 is 36.8 Å². The predicted octanol–water partition coefficient (Wildman–Crippen LogP) is -4.78. The fourth-order valence-corrected chi connectivity index (χ4v) is 0.680. The third-order valence-electron chi connectivity index (χ3n) is 0.425. The smallest absolute Gasteiger partial charge is 1.00 e. The van der Waals surface area contributed by atoms with Gasteiger partial charge in [0.15, 0.2) is 0 Å². The van der Waals surface area contributed by atoms with Gasteiger partial charge in [-0.25, -0.2) is 0 Å². The molecule has 0 aromatic carbocycles. The van der Waals surface area contributed by atoms with E-state index in [1.807, 2.05) is 22.9 Å². The van der Waals surface area contributed by atoms with Gasteiger partial charge in [0.2, 0.25) is 0 Å². The third-order valence-corrected chi connectivity index (χ3v) is 1.05. The minimum Gasteiger partial charge on any atom is -1.00 e. The Balaban J connectivity index is -0.0000000104. The number of halogens is 2. The Morgan fingerprint density at radius 2 is 1.22 bits per heavy atom. The Morgan fingerprint density at radius 1 is 0.889 bits per heavy atom. The summed E-state index contributed by atoms with van der Waals surface area (Å²) in [7, 11) is 0. The first-order valence-corrected chi connectivity index (χ1v) is 2.41. The molecule has 1 rings (SSSR count). The second-order valence-corrected chi connectivity index (χ2v) is 1.61. The summed E-state index contributed by atoms with van der Waals surface area (Å²) in [5, 5.41) is 4.08. The summed E-state index contributed by atoms with van der Waals surface area (Å²) < 4.78 is 0. The zero-order valence-corrected chi connectivity index (χ0v) is 11.7. The van der Waals surface area contributed by atoms with Gasteiger partial charge in [0, 0.05) is 0 Å². The van der Waals surface area contributed by atoms with Crippen molar-refractivity contribution in [1.82, 2.24) is 0 Å². The predicted molar refractivity (Wildman–Crippen MR) is 38.1 cm³/mol. The first kappa shape index (κ1) is 22.5. The van der Waals surface area contributed by atoms with Crippen LogP contribution >= 0.6 is 11.3 Å². The fourth-order valence-electron chi connectivity index (χ4n) is 0.227. The Bertz CT molecular complexity index is 80.6. The van der Waals surface area contributed by atoms with Gasteiger partial charge in [0.25, 0.3) is 0 Å². The summed E-state index contributed by atoms with van der Waals surface area (Å²) in [6, 6.07) is 4.04. The van der Waals surface area contributed by atoms with E-state index in [1.165, 1.54) is 0 Å². The topological polar surface area (TPSA) is 0 Å². The Labute approximate surface area is 116 Å². The summed E-state index contributed by atoms with van der Waals surface area (Å²) in [6.45, 7) is 0. The van der Waals surface area contributed by atoms with Gasteiger partial charge in [0.1, 0.15) is 0 Å². The van der Waals surface area contributed by atoms with Crippen LogP contribution in [0.15, 0.2) is 22.9 Å². The normalized spacial score (nSPS) is 4.44.